The molecule has 1 fully saturated rings. The summed E-state index contributed by atoms with van der Waals surface area (Å²) in [7, 11) is 0. The molecule has 128 valence electrons. The van der Waals surface area contributed by atoms with Gasteiger partial charge in [0.15, 0.2) is 0 Å². The van der Waals surface area contributed by atoms with Gasteiger partial charge in [-0.3, -0.25) is 0 Å². The minimum absolute atomic E-state index is 0.165. The highest BCUT2D eigenvalue weighted by molar-refractivity contribution is 5.89. The molecule has 1 aliphatic rings. The SMILES string of the molecule is CCN(CC)CCNC(=O)Nc1ccc(OC2CCCC2)cc1. The Morgan fingerprint density at radius 2 is 1.83 bits per heavy atom. The van der Waals surface area contributed by atoms with Crippen molar-refractivity contribution in [3.63, 3.8) is 0 Å². The third-order valence-corrected chi connectivity index (χ3v) is 4.33. The smallest absolute Gasteiger partial charge is 0.319 e. The first-order valence-corrected chi connectivity index (χ1v) is 8.75. The molecular formula is C18H29N3O2. The van der Waals surface area contributed by atoms with Crippen molar-refractivity contribution in [2.24, 2.45) is 0 Å². The van der Waals surface area contributed by atoms with E-state index in [0.717, 1.165) is 43.9 Å². The van der Waals surface area contributed by atoms with Crippen molar-refractivity contribution in [2.45, 2.75) is 45.6 Å². The standard InChI is InChI=1S/C18H29N3O2/c1-3-21(4-2)14-13-19-18(22)20-15-9-11-17(12-10-15)23-16-7-5-6-8-16/h9-12,16H,3-8,13-14H2,1-2H3,(H2,19,20,22). The summed E-state index contributed by atoms with van der Waals surface area (Å²) < 4.78 is 5.92. The van der Waals surface area contributed by atoms with E-state index in [4.69, 9.17) is 4.74 Å². The fraction of sp³-hybridized carbons (Fsp3) is 0.611. The Hall–Kier alpha value is -1.75. The quantitative estimate of drug-likeness (QED) is 0.771. The molecule has 23 heavy (non-hydrogen) atoms. The second-order valence-corrected chi connectivity index (χ2v) is 5.96. The molecule has 0 saturated heterocycles. The van der Waals surface area contributed by atoms with E-state index >= 15 is 0 Å². The van der Waals surface area contributed by atoms with E-state index < -0.39 is 0 Å². The lowest BCUT2D eigenvalue weighted by atomic mass is 10.3. The second-order valence-electron chi connectivity index (χ2n) is 5.96. The van der Waals surface area contributed by atoms with E-state index in [0.29, 0.717) is 12.6 Å². The van der Waals surface area contributed by atoms with Crippen molar-refractivity contribution in [1.82, 2.24) is 10.2 Å². The van der Waals surface area contributed by atoms with Crippen molar-refractivity contribution < 1.29 is 9.53 Å². The molecular weight excluding hydrogens is 290 g/mol. The van der Waals surface area contributed by atoms with E-state index in [1.807, 2.05) is 24.3 Å². The molecule has 1 aliphatic carbocycles. The van der Waals surface area contributed by atoms with Gasteiger partial charge in [-0.05, 0) is 63.0 Å². The van der Waals surface area contributed by atoms with Crippen LogP contribution in [0.3, 0.4) is 0 Å². The molecule has 0 aromatic heterocycles. The summed E-state index contributed by atoms with van der Waals surface area (Å²) >= 11 is 0. The summed E-state index contributed by atoms with van der Waals surface area (Å²) in [6, 6.07) is 7.44. The van der Waals surface area contributed by atoms with Crippen molar-refractivity contribution >= 4 is 11.7 Å². The number of hydrogen-bond acceptors (Lipinski definition) is 3. The van der Waals surface area contributed by atoms with E-state index in [9.17, 15) is 4.79 Å². The normalized spacial score (nSPS) is 14.9. The van der Waals surface area contributed by atoms with E-state index in [1.54, 1.807) is 0 Å². The molecule has 0 radical (unpaired) electrons. The summed E-state index contributed by atoms with van der Waals surface area (Å²) in [4.78, 5) is 14.1. The molecule has 2 N–H and O–H groups in total. The number of nitrogens with zero attached hydrogens (tertiary/aromatic N) is 1. The lowest BCUT2D eigenvalue weighted by Gasteiger charge is -2.18. The first kappa shape index (κ1) is 17.6. The molecule has 0 bridgehead atoms. The van der Waals surface area contributed by atoms with Crippen molar-refractivity contribution in [1.29, 1.82) is 0 Å². The Balaban J connectivity index is 1.71. The highest BCUT2D eigenvalue weighted by atomic mass is 16.5. The van der Waals surface area contributed by atoms with E-state index in [2.05, 4.69) is 29.4 Å². The molecule has 0 heterocycles. The van der Waals surface area contributed by atoms with Gasteiger partial charge >= 0.3 is 6.03 Å². The number of carbonyl (C=O) groups excluding carboxylic acids is 1. The van der Waals surface area contributed by atoms with Gasteiger partial charge in [0.05, 0.1) is 6.10 Å². The van der Waals surface area contributed by atoms with Crippen molar-refractivity contribution in [2.75, 3.05) is 31.5 Å². The number of benzene rings is 1. The number of amides is 2. The van der Waals surface area contributed by atoms with Crippen LogP contribution in [0.4, 0.5) is 10.5 Å². The molecule has 1 aromatic carbocycles. The van der Waals surface area contributed by atoms with E-state index in [1.165, 1.54) is 12.8 Å². The molecule has 1 aromatic rings. The zero-order valence-corrected chi connectivity index (χ0v) is 14.3. The van der Waals surface area contributed by atoms with Crippen LogP contribution in [-0.4, -0.2) is 43.2 Å². The van der Waals surface area contributed by atoms with Gasteiger partial charge in [-0.25, -0.2) is 4.79 Å². The first-order valence-electron chi connectivity index (χ1n) is 8.75. The maximum absolute atomic E-state index is 11.9. The molecule has 0 spiro atoms. The topological polar surface area (TPSA) is 53.6 Å². The van der Waals surface area contributed by atoms with Gasteiger partial charge < -0.3 is 20.3 Å². The van der Waals surface area contributed by atoms with Crippen molar-refractivity contribution in [3.05, 3.63) is 24.3 Å². The van der Waals surface area contributed by atoms with Crippen LogP contribution in [0.25, 0.3) is 0 Å². The predicted octanol–water partition coefficient (Wildman–Crippen LogP) is 3.47. The largest absolute Gasteiger partial charge is 0.490 e. The first-order chi connectivity index (χ1) is 11.2. The third kappa shape index (κ3) is 6.10. The second kappa shape index (κ2) is 9.40. The third-order valence-electron chi connectivity index (χ3n) is 4.33. The molecule has 0 aliphatic heterocycles. The zero-order chi connectivity index (χ0) is 16.5. The van der Waals surface area contributed by atoms with Crippen LogP contribution < -0.4 is 15.4 Å². The van der Waals surface area contributed by atoms with E-state index in [-0.39, 0.29) is 6.03 Å². The van der Waals surface area contributed by atoms with Crippen LogP contribution in [0.1, 0.15) is 39.5 Å². The Morgan fingerprint density at radius 1 is 1.17 bits per heavy atom. The maximum Gasteiger partial charge on any atom is 0.319 e. The van der Waals surface area contributed by atoms with Gasteiger partial charge in [0.1, 0.15) is 5.75 Å². The number of anilines is 1. The van der Waals surface area contributed by atoms with Crippen LogP contribution in [0.5, 0.6) is 5.75 Å². The van der Waals surface area contributed by atoms with Gasteiger partial charge in [-0.15, -0.1) is 0 Å². The van der Waals surface area contributed by atoms with Gasteiger partial charge in [0.2, 0.25) is 0 Å². The predicted molar refractivity (Wildman–Crippen MR) is 94.1 cm³/mol. The van der Waals surface area contributed by atoms with Crippen molar-refractivity contribution in [3.8, 4) is 5.75 Å². The van der Waals surface area contributed by atoms with Gasteiger partial charge in [0, 0.05) is 18.8 Å². The summed E-state index contributed by atoms with van der Waals surface area (Å²) in [5.41, 5.74) is 0.782. The van der Waals surface area contributed by atoms with Crippen LogP contribution in [-0.2, 0) is 0 Å². The monoisotopic (exact) mass is 319 g/mol. The Labute approximate surface area is 139 Å². The Morgan fingerprint density at radius 3 is 2.43 bits per heavy atom. The van der Waals surface area contributed by atoms with Crippen LogP contribution in [0.15, 0.2) is 24.3 Å². The molecule has 2 rings (SSSR count). The lowest BCUT2D eigenvalue weighted by molar-refractivity contribution is 0.210. The summed E-state index contributed by atoms with van der Waals surface area (Å²) in [6.45, 7) is 7.77. The van der Waals surface area contributed by atoms with Crippen LogP contribution >= 0.6 is 0 Å². The zero-order valence-electron chi connectivity index (χ0n) is 14.3. The molecule has 5 heteroatoms. The number of urea groups is 1. The molecule has 0 atom stereocenters. The van der Waals surface area contributed by atoms with Gasteiger partial charge in [-0.2, -0.15) is 0 Å². The maximum atomic E-state index is 11.9. The minimum Gasteiger partial charge on any atom is -0.490 e. The lowest BCUT2D eigenvalue weighted by Crippen LogP contribution is -2.36. The molecule has 2 amide bonds. The number of nitrogens with one attached hydrogen (secondary N) is 2. The van der Waals surface area contributed by atoms with Gasteiger partial charge in [0.25, 0.3) is 0 Å². The summed E-state index contributed by atoms with van der Waals surface area (Å²) in [5.74, 6) is 0.879. The summed E-state index contributed by atoms with van der Waals surface area (Å²) in [5, 5.41) is 5.73. The Bertz CT molecular complexity index is 466. The molecule has 5 nitrogen and oxygen atoms in total. The number of hydrogen-bond donors (Lipinski definition) is 2. The Kier molecular flexibility index (Phi) is 7.20. The van der Waals surface area contributed by atoms with Crippen LogP contribution in [0, 0.1) is 0 Å². The van der Waals surface area contributed by atoms with Gasteiger partial charge in [-0.1, -0.05) is 13.8 Å². The molecule has 1 saturated carbocycles. The fourth-order valence-electron chi connectivity index (χ4n) is 2.86. The molecule has 0 unspecified atom stereocenters. The number of carbonyl (C=O) groups is 1. The number of rotatable bonds is 8. The highest BCUT2D eigenvalue weighted by Gasteiger charge is 2.16. The fourth-order valence-corrected chi connectivity index (χ4v) is 2.86. The average Bonchev–Trinajstić information content (AvgIpc) is 3.06. The number of ether oxygens (including phenoxy) is 1. The highest BCUT2D eigenvalue weighted by Crippen LogP contribution is 2.24. The van der Waals surface area contributed by atoms with Crippen LogP contribution in [0.2, 0.25) is 0 Å². The number of likely N-dealkylation sites (N-methyl/N-ethyl adjacent to an activating group) is 1. The summed E-state index contributed by atoms with van der Waals surface area (Å²) in [6.07, 6.45) is 5.18. The average molecular weight is 319 g/mol. The minimum atomic E-state index is -0.165.